The molecule has 3 heterocycles. The van der Waals surface area contributed by atoms with Crippen molar-refractivity contribution >= 4 is 79.7 Å². The van der Waals surface area contributed by atoms with Crippen LogP contribution in [-0.2, 0) is 20.9 Å². The van der Waals surface area contributed by atoms with Gasteiger partial charge in [-0.2, -0.15) is 0 Å². The monoisotopic (exact) mass is 639 g/mol. The van der Waals surface area contributed by atoms with Gasteiger partial charge in [-0.1, -0.05) is 81.0 Å². The Kier molecular flexibility index (Phi) is 6.96. The minimum absolute atomic E-state index is 0.224. The van der Waals surface area contributed by atoms with E-state index in [2.05, 4.69) is 21.2 Å². The number of halogens is 2. The third kappa shape index (κ3) is 4.75. The van der Waals surface area contributed by atoms with Crippen molar-refractivity contribution in [3.8, 4) is 0 Å². The fourth-order valence-electron chi connectivity index (χ4n) is 5.00. The van der Waals surface area contributed by atoms with E-state index in [1.807, 2.05) is 30.3 Å². The molecule has 2 aliphatic rings. The lowest BCUT2D eigenvalue weighted by Gasteiger charge is -2.30. The number of amides is 3. The highest BCUT2D eigenvalue weighted by atomic mass is 79.9. The van der Waals surface area contributed by atoms with E-state index < -0.39 is 17.1 Å². The van der Waals surface area contributed by atoms with Gasteiger partial charge in [-0.05, 0) is 54.1 Å². The zero-order valence-electron chi connectivity index (χ0n) is 20.0. The van der Waals surface area contributed by atoms with Crippen LogP contribution in [0.1, 0.15) is 16.4 Å². The fraction of sp³-hybridized carbons (Fsp3) is 0.143. The SMILES string of the molecule is O=C(Cn1c2c(sc1=O)[C@@H](c1ccccc1)C1C(=O)N(c3ccc(Br)cc3)C(=O)C1S2)Nc1ccc(Cl)cc1. The van der Waals surface area contributed by atoms with Gasteiger partial charge in [0, 0.05) is 26.0 Å². The van der Waals surface area contributed by atoms with Crippen LogP contribution in [0.5, 0.6) is 0 Å². The maximum absolute atomic E-state index is 13.9. The summed E-state index contributed by atoms with van der Waals surface area (Å²) in [6.45, 7) is -0.224. The van der Waals surface area contributed by atoms with Gasteiger partial charge in [-0.25, -0.2) is 4.90 Å². The molecule has 39 heavy (non-hydrogen) atoms. The topological polar surface area (TPSA) is 88.5 Å². The van der Waals surface area contributed by atoms with Gasteiger partial charge in [0.1, 0.15) is 11.8 Å². The number of thiazole rings is 1. The summed E-state index contributed by atoms with van der Waals surface area (Å²) in [4.78, 5) is 55.3. The van der Waals surface area contributed by atoms with Crippen molar-refractivity contribution in [1.29, 1.82) is 0 Å². The number of nitrogens with zero attached hydrogens (tertiary/aromatic N) is 2. The highest BCUT2D eigenvalue weighted by Gasteiger charge is 2.56. The number of hydrogen-bond donors (Lipinski definition) is 1. The minimum atomic E-state index is -0.738. The zero-order valence-corrected chi connectivity index (χ0v) is 24.0. The standard InChI is InChI=1S/C28H19BrClN3O4S2/c29-16-6-12-19(13-7-16)33-25(35)22-21(15-4-2-1-3-5-15)24-27(38-23(22)26(33)36)32(28(37)39-24)14-20(34)31-18-10-8-17(30)9-11-18/h1-13,21-23H,14H2,(H,31,34)/t21-,22?,23?/m0/s1. The molecule has 0 spiro atoms. The predicted molar refractivity (Wildman–Crippen MR) is 157 cm³/mol. The van der Waals surface area contributed by atoms with Crippen molar-refractivity contribution in [2.75, 3.05) is 10.2 Å². The number of hydrogen-bond acceptors (Lipinski definition) is 6. The van der Waals surface area contributed by atoms with Gasteiger partial charge in [0.05, 0.1) is 16.6 Å². The summed E-state index contributed by atoms with van der Waals surface area (Å²) < 4.78 is 2.24. The maximum atomic E-state index is 13.9. The summed E-state index contributed by atoms with van der Waals surface area (Å²) in [5.41, 5.74) is 1.89. The number of aromatic nitrogens is 1. The van der Waals surface area contributed by atoms with Crippen molar-refractivity contribution in [3.05, 3.63) is 108 Å². The Balaban J connectivity index is 1.39. The summed E-state index contributed by atoms with van der Waals surface area (Å²) in [6.07, 6.45) is 0. The number of benzene rings is 3. The van der Waals surface area contributed by atoms with Crippen molar-refractivity contribution in [2.45, 2.75) is 22.7 Å². The van der Waals surface area contributed by atoms with E-state index in [0.29, 0.717) is 26.3 Å². The Hall–Kier alpha value is -3.18. The summed E-state index contributed by atoms with van der Waals surface area (Å²) in [7, 11) is 0. The number of fused-ring (bicyclic) bond motifs is 2. The lowest BCUT2D eigenvalue weighted by atomic mass is 9.83. The minimum Gasteiger partial charge on any atom is -0.325 e. The van der Waals surface area contributed by atoms with Crippen molar-refractivity contribution in [2.24, 2.45) is 5.92 Å². The van der Waals surface area contributed by atoms with E-state index in [0.717, 1.165) is 21.4 Å². The summed E-state index contributed by atoms with van der Waals surface area (Å²) in [6, 6.07) is 23.1. The van der Waals surface area contributed by atoms with Gasteiger partial charge in [-0.15, -0.1) is 0 Å². The first-order valence-corrected chi connectivity index (χ1v) is 14.8. The first kappa shape index (κ1) is 26.1. The highest BCUT2D eigenvalue weighted by Crippen LogP contribution is 2.53. The molecule has 196 valence electrons. The van der Waals surface area contributed by atoms with E-state index in [1.54, 1.807) is 48.5 Å². The molecule has 0 bridgehead atoms. The number of anilines is 2. The van der Waals surface area contributed by atoms with Crippen LogP contribution in [0, 0.1) is 5.92 Å². The molecule has 7 nitrogen and oxygen atoms in total. The Morgan fingerprint density at radius 2 is 1.62 bits per heavy atom. The molecule has 0 aliphatic carbocycles. The van der Waals surface area contributed by atoms with Crippen LogP contribution in [0.15, 0.2) is 93.2 Å². The van der Waals surface area contributed by atoms with Crippen LogP contribution < -0.4 is 15.1 Å². The molecule has 1 fully saturated rings. The Bertz CT molecular complexity index is 1660. The lowest BCUT2D eigenvalue weighted by molar-refractivity contribution is -0.122. The molecule has 1 aromatic heterocycles. The third-order valence-corrected chi connectivity index (χ3v) is 10.1. The Morgan fingerprint density at radius 3 is 2.31 bits per heavy atom. The third-order valence-electron chi connectivity index (χ3n) is 6.72. The van der Waals surface area contributed by atoms with E-state index in [4.69, 9.17) is 11.6 Å². The molecule has 3 amide bonds. The number of carbonyl (C=O) groups is 3. The molecule has 4 aromatic rings. The zero-order chi connectivity index (χ0) is 27.3. The molecule has 6 rings (SSSR count). The van der Waals surface area contributed by atoms with Crippen LogP contribution in [0.4, 0.5) is 11.4 Å². The second-order valence-corrected chi connectivity index (χ2v) is 12.6. The second kappa shape index (κ2) is 10.4. The molecule has 0 saturated carbocycles. The van der Waals surface area contributed by atoms with Crippen LogP contribution in [0.2, 0.25) is 5.02 Å². The maximum Gasteiger partial charge on any atom is 0.308 e. The van der Waals surface area contributed by atoms with Crippen molar-refractivity contribution < 1.29 is 14.4 Å². The molecule has 3 aromatic carbocycles. The largest absolute Gasteiger partial charge is 0.325 e. The molecule has 2 unspecified atom stereocenters. The average molecular weight is 641 g/mol. The molecular formula is C28H19BrClN3O4S2. The van der Waals surface area contributed by atoms with Crippen LogP contribution in [0.3, 0.4) is 0 Å². The Morgan fingerprint density at radius 1 is 0.923 bits per heavy atom. The van der Waals surface area contributed by atoms with Crippen LogP contribution in [0.25, 0.3) is 0 Å². The lowest BCUT2D eigenvalue weighted by Crippen LogP contribution is -2.33. The predicted octanol–water partition coefficient (Wildman–Crippen LogP) is 5.76. The molecule has 1 N–H and O–H groups in total. The van der Waals surface area contributed by atoms with Crippen molar-refractivity contribution in [1.82, 2.24) is 4.57 Å². The smallest absolute Gasteiger partial charge is 0.308 e. The van der Waals surface area contributed by atoms with E-state index >= 15 is 0 Å². The van der Waals surface area contributed by atoms with E-state index in [-0.39, 0.29) is 29.1 Å². The number of imide groups is 1. The van der Waals surface area contributed by atoms with Gasteiger partial charge in [0.25, 0.3) is 0 Å². The molecule has 1 saturated heterocycles. The van der Waals surface area contributed by atoms with Gasteiger partial charge in [-0.3, -0.25) is 23.7 Å². The summed E-state index contributed by atoms with van der Waals surface area (Å²) in [5, 5.41) is 3.14. The summed E-state index contributed by atoms with van der Waals surface area (Å²) in [5.74, 6) is -2.20. The average Bonchev–Trinajstić information content (AvgIpc) is 3.37. The van der Waals surface area contributed by atoms with E-state index in [1.165, 1.54) is 21.2 Å². The van der Waals surface area contributed by atoms with Crippen molar-refractivity contribution in [3.63, 3.8) is 0 Å². The molecule has 0 radical (unpaired) electrons. The molecule has 11 heteroatoms. The first-order chi connectivity index (χ1) is 18.8. The number of nitrogens with one attached hydrogen (secondary N) is 1. The fourth-order valence-corrected chi connectivity index (χ4v) is 8.16. The van der Waals surface area contributed by atoms with E-state index in [9.17, 15) is 19.2 Å². The number of rotatable bonds is 5. The van der Waals surface area contributed by atoms with Crippen LogP contribution in [-0.4, -0.2) is 27.5 Å². The first-order valence-electron chi connectivity index (χ1n) is 12.0. The van der Waals surface area contributed by atoms with Crippen LogP contribution >= 0.6 is 50.6 Å². The van der Waals surface area contributed by atoms with Gasteiger partial charge in [0.15, 0.2) is 0 Å². The van der Waals surface area contributed by atoms with Gasteiger partial charge >= 0.3 is 4.87 Å². The summed E-state index contributed by atoms with van der Waals surface area (Å²) >= 11 is 11.5. The number of thioether (sulfide) groups is 1. The highest BCUT2D eigenvalue weighted by molar-refractivity contribution is 9.10. The van der Waals surface area contributed by atoms with Gasteiger partial charge in [0.2, 0.25) is 17.7 Å². The second-order valence-electron chi connectivity index (χ2n) is 9.12. The normalized spacial score (nSPS) is 20.1. The molecule has 3 atom stereocenters. The number of carbonyl (C=O) groups excluding carboxylic acids is 3. The quantitative estimate of drug-likeness (QED) is 0.280. The molecular weight excluding hydrogens is 622 g/mol. The van der Waals surface area contributed by atoms with Gasteiger partial charge < -0.3 is 5.32 Å². The molecule has 2 aliphatic heterocycles. The Labute approximate surface area is 244 Å².